The van der Waals surface area contributed by atoms with Crippen molar-refractivity contribution in [2.75, 3.05) is 13.1 Å². The molecule has 1 atom stereocenters. The lowest BCUT2D eigenvalue weighted by Gasteiger charge is -2.33. The minimum atomic E-state index is -0.177. The molecule has 1 aromatic carbocycles. The molecule has 0 spiro atoms. The van der Waals surface area contributed by atoms with Crippen LogP contribution in [0.25, 0.3) is 0 Å². The van der Waals surface area contributed by atoms with Crippen LogP contribution in [0.5, 0.6) is 0 Å². The normalized spacial score (nSPS) is 16.7. The van der Waals surface area contributed by atoms with Gasteiger partial charge in [-0.05, 0) is 50.3 Å². The number of carbonyl (C=O) groups is 1. The van der Waals surface area contributed by atoms with E-state index in [1.807, 2.05) is 24.3 Å². The van der Waals surface area contributed by atoms with E-state index in [1.54, 1.807) is 32.2 Å². The van der Waals surface area contributed by atoms with Gasteiger partial charge in [0.2, 0.25) is 0 Å². The molecule has 1 N–H and O–H groups in total. The van der Waals surface area contributed by atoms with E-state index in [-0.39, 0.29) is 17.9 Å². The lowest BCUT2D eigenvalue weighted by atomic mass is 10.0. The Bertz CT molecular complexity index is 713. The molecule has 2 amide bonds. The number of nitrogens with zero attached hydrogens (tertiary/aromatic N) is 3. The van der Waals surface area contributed by atoms with Crippen molar-refractivity contribution in [1.82, 2.24) is 19.8 Å². The first-order chi connectivity index (χ1) is 12.0. The first kappa shape index (κ1) is 17.5. The summed E-state index contributed by atoms with van der Waals surface area (Å²) in [6, 6.07) is 3.80. The van der Waals surface area contributed by atoms with Crippen molar-refractivity contribution in [3.63, 3.8) is 0 Å². The highest BCUT2D eigenvalue weighted by atomic mass is 19.1. The van der Waals surface area contributed by atoms with Crippen molar-refractivity contribution in [2.24, 2.45) is 0 Å². The summed E-state index contributed by atoms with van der Waals surface area (Å²) < 4.78 is 15.9. The molecule has 2 aromatic rings. The van der Waals surface area contributed by atoms with Gasteiger partial charge in [0.25, 0.3) is 0 Å². The van der Waals surface area contributed by atoms with Crippen molar-refractivity contribution < 1.29 is 9.18 Å². The fraction of sp³-hybridized carbons (Fsp3) is 0.474. The zero-order valence-corrected chi connectivity index (χ0v) is 15.0. The van der Waals surface area contributed by atoms with Crippen molar-refractivity contribution in [2.45, 2.75) is 45.7 Å². The van der Waals surface area contributed by atoms with Gasteiger partial charge in [-0.3, -0.25) is 0 Å². The summed E-state index contributed by atoms with van der Waals surface area (Å²) in [6.07, 6.45) is 7.44. The van der Waals surface area contributed by atoms with Crippen LogP contribution in [0.2, 0.25) is 0 Å². The van der Waals surface area contributed by atoms with Gasteiger partial charge in [-0.1, -0.05) is 12.1 Å². The third-order valence-corrected chi connectivity index (χ3v) is 5.00. The number of aromatic nitrogens is 2. The maximum Gasteiger partial charge on any atom is 0.317 e. The van der Waals surface area contributed by atoms with Crippen LogP contribution in [-0.2, 0) is 0 Å². The average molecular weight is 344 g/mol. The Hall–Kier alpha value is -2.37. The summed E-state index contributed by atoms with van der Waals surface area (Å²) in [5, 5.41) is 3.03. The van der Waals surface area contributed by atoms with Crippen LogP contribution in [0.4, 0.5) is 9.18 Å². The van der Waals surface area contributed by atoms with Gasteiger partial charge >= 0.3 is 6.03 Å². The quantitative estimate of drug-likeness (QED) is 0.922. The zero-order chi connectivity index (χ0) is 18.0. The van der Waals surface area contributed by atoms with Crippen LogP contribution in [0.1, 0.15) is 48.5 Å². The van der Waals surface area contributed by atoms with Crippen LogP contribution in [0.3, 0.4) is 0 Å². The van der Waals surface area contributed by atoms with E-state index >= 15 is 0 Å². The van der Waals surface area contributed by atoms with Crippen LogP contribution >= 0.6 is 0 Å². The number of carbonyl (C=O) groups excluding carboxylic acids is 1. The van der Waals surface area contributed by atoms with Crippen molar-refractivity contribution in [3.05, 3.63) is 53.4 Å². The monoisotopic (exact) mass is 344 g/mol. The second-order valence-corrected chi connectivity index (χ2v) is 6.87. The lowest BCUT2D eigenvalue weighted by Crippen LogP contribution is -2.45. The number of piperidine rings is 1. The Morgan fingerprint density at radius 2 is 1.92 bits per heavy atom. The third-order valence-electron chi connectivity index (χ3n) is 5.00. The van der Waals surface area contributed by atoms with E-state index < -0.39 is 0 Å². The highest BCUT2D eigenvalue weighted by molar-refractivity contribution is 5.74. The van der Waals surface area contributed by atoms with Crippen LogP contribution in [0.15, 0.2) is 30.9 Å². The molecule has 1 aromatic heterocycles. The standard InChI is InChI=1S/C19H25FN4O/c1-13-10-16(11-14(2)18(13)20)15(3)22-19(25)23-7-4-17(5-8-23)24-9-6-21-12-24/h6,9-12,15,17H,4-5,7-8H2,1-3H3,(H,22,25). The number of rotatable bonds is 3. The predicted octanol–water partition coefficient (Wildman–Crippen LogP) is 3.75. The molecule has 6 heteroatoms. The van der Waals surface area contributed by atoms with Crippen molar-refractivity contribution in [1.29, 1.82) is 0 Å². The number of halogens is 1. The molecule has 25 heavy (non-hydrogen) atoms. The van der Waals surface area contributed by atoms with Gasteiger partial charge in [0, 0.05) is 31.5 Å². The van der Waals surface area contributed by atoms with E-state index in [2.05, 4.69) is 14.9 Å². The largest absolute Gasteiger partial charge is 0.334 e. The van der Waals surface area contributed by atoms with Gasteiger partial charge in [0.15, 0.2) is 0 Å². The number of hydrogen-bond donors (Lipinski definition) is 1. The fourth-order valence-corrected chi connectivity index (χ4v) is 3.44. The summed E-state index contributed by atoms with van der Waals surface area (Å²) in [5.74, 6) is -0.177. The number of hydrogen-bond acceptors (Lipinski definition) is 2. The number of nitrogens with one attached hydrogen (secondary N) is 1. The highest BCUT2D eigenvalue weighted by Crippen LogP contribution is 2.23. The van der Waals surface area contributed by atoms with Crippen molar-refractivity contribution >= 4 is 6.03 Å². The van der Waals surface area contributed by atoms with Gasteiger partial charge in [-0.25, -0.2) is 14.2 Å². The first-order valence-electron chi connectivity index (χ1n) is 8.75. The van der Waals surface area contributed by atoms with E-state index in [1.165, 1.54) is 0 Å². The molecule has 5 nitrogen and oxygen atoms in total. The van der Waals surface area contributed by atoms with Gasteiger partial charge in [-0.15, -0.1) is 0 Å². The number of likely N-dealkylation sites (tertiary alicyclic amines) is 1. The maximum atomic E-state index is 13.8. The molecule has 2 heterocycles. The van der Waals surface area contributed by atoms with Gasteiger partial charge in [-0.2, -0.15) is 0 Å². The minimum Gasteiger partial charge on any atom is -0.334 e. The number of aryl methyl sites for hydroxylation is 2. The number of amides is 2. The zero-order valence-electron chi connectivity index (χ0n) is 15.0. The molecule has 0 radical (unpaired) electrons. The smallest absolute Gasteiger partial charge is 0.317 e. The molecular weight excluding hydrogens is 319 g/mol. The molecule has 1 aliphatic heterocycles. The SMILES string of the molecule is Cc1cc(C(C)NC(=O)N2CCC(n3ccnc3)CC2)cc(C)c1F. The number of urea groups is 1. The predicted molar refractivity (Wildman–Crippen MR) is 94.9 cm³/mol. The summed E-state index contributed by atoms with van der Waals surface area (Å²) in [5.41, 5.74) is 2.15. The molecule has 0 saturated carbocycles. The van der Waals surface area contributed by atoms with Crippen LogP contribution in [-0.4, -0.2) is 33.6 Å². The Labute approximate surface area is 147 Å². The fourth-order valence-electron chi connectivity index (χ4n) is 3.44. The van der Waals surface area contributed by atoms with Gasteiger partial charge < -0.3 is 14.8 Å². The topological polar surface area (TPSA) is 50.2 Å². The van der Waals surface area contributed by atoms with E-state index in [0.29, 0.717) is 17.2 Å². The Kier molecular flexibility index (Phi) is 5.06. The second kappa shape index (κ2) is 7.25. The molecule has 1 saturated heterocycles. The first-order valence-corrected chi connectivity index (χ1v) is 8.75. The van der Waals surface area contributed by atoms with Crippen molar-refractivity contribution in [3.8, 4) is 0 Å². The van der Waals surface area contributed by atoms with Crippen LogP contribution < -0.4 is 5.32 Å². The average Bonchev–Trinajstić information content (AvgIpc) is 3.14. The Morgan fingerprint density at radius 3 is 2.48 bits per heavy atom. The van der Waals surface area contributed by atoms with E-state index in [9.17, 15) is 9.18 Å². The van der Waals surface area contributed by atoms with Crippen LogP contribution in [0, 0.1) is 19.7 Å². The molecular formula is C19H25FN4O. The third kappa shape index (κ3) is 3.83. The van der Waals surface area contributed by atoms with Gasteiger partial charge in [0.1, 0.15) is 5.82 Å². The summed E-state index contributed by atoms with van der Waals surface area (Å²) in [6.45, 7) is 6.89. The van der Waals surface area contributed by atoms with Gasteiger partial charge in [0.05, 0.1) is 12.4 Å². The maximum absolute atomic E-state index is 13.8. The summed E-state index contributed by atoms with van der Waals surface area (Å²) >= 11 is 0. The summed E-state index contributed by atoms with van der Waals surface area (Å²) in [7, 11) is 0. The molecule has 1 aliphatic rings. The molecule has 3 rings (SSSR count). The Morgan fingerprint density at radius 1 is 1.28 bits per heavy atom. The number of imidazole rings is 1. The number of benzene rings is 1. The molecule has 134 valence electrons. The second-order valence-electron chi connectivity index (χ2n) is 6.87. The Balaban J connectivity index is 1.57. The van der Waals surface area contributed by atoms with E-state index in [0.717, 1.165) is 31.5 Å². The summed E-state index contributed by atoms with van der Waals surface area (Å²) in [4.78, 5) is 18.5. The molecule has 1 unspecified atom stereocenters. The molecule has 0 bridgehead atoms. The lowest BCUT2D eigenvalue weighted by molar-refractivity contribution is 0.169. The minimum absolute atomic E-state index is 0.0591. The van der Waals surface area contributed by atoms with E-state index in [4.69, 9.17) is 0 Å². The molecule has 1 fully saturated rings. The molecule has 0 aliphatic carbocycles. The highest BCUT2D eigenvalue weighted by Gasteiger charge is 2.24.